The molecule has 3 aromatic rings. The lowest BCUT2D eigenvalue weighted by Crippen LogP contribution is -2.32. The normalized spacial score (nSPS) is 14.2. The number of para-hydroxylation sites is 2. The van der Waals surface area contributed by atoms with Crippen LogP contribution < -0.4 is 5.73 Å². The van der Waals surface area contributed by atoms with Gasteiger partial charge in [0.15, 0.2) is 0 Å². The van der Waals surface area contributed by atoms with Crippen LogP contribution in [0.25, 0.3) is 11.0 Å². The number of rotatable bonds is 4. The fourth-order valence-corrected chi connectivity index (χ4v) is 2.72. The van der Waals surface area contributed by atoms with Gasteiger partial charge >= 0.3 is 0 Å². The van der Waals surface area contributed by atoms with E-state index in [2.05, 4.69) is 4.98 Å². The number of fused-ring (bicyclic) bond motifs is 1. The summed E-state index contributed by atoms with van der Waals surface area (Å²) in [5.74, 6) is -0.232. The Morgan fingerprint density at radius 3 is 2.62 bits per heavy atom. The molecular formula is C17H18FN3. The van der Waals surface area contributed by atoms with E-state index in [-0.39, 0.29) is 17.9 Å². The highest BCUT2D eigenvalue weighted by atomic mass is 19.1. The highest BCUT2D eigenvalue weighted by Gasteiger charge is 2.24. The lowest BCUT2D eigenvalue weighted by atomic mass is 9.97. The Bertz CT molecular complexity index is 750. The quantitative estimate of drug-likeness (QED) is 0.796. The molecule has 3 nitrogen and oxygen atoms in total. The molecule has 0 aliphatic carbocycles. The fourth-order valence-electron chi connectivity index (χ4n) is 2.72. The molecule has 2 N–H and O–H groups in total. The van der Waals surface area contributed by atoms with Crippen molar-refractivity contribution < 1.29 is 4.39 Å². The highest BCUT2D eigenvalue weighted by molar-refractivity contribution is 5.75. The van der Waals surface area contributed by atoms with Crippen LogP contribution >= 0.6 is 0 Å². The molecule has 1 heterocycles. The van der Waals surface area contributed by atoms with Crippen molar-refractivity contribution in [3.05, 3.63) is 66.2 Å². The van der Waals surface area contributed by atoms with Gasteiger partial charge < -0.3 is 10.3 Å². The second-order valence-corrected chi connectivity index (χ2v) is 5.18. The Labute approximate surface area is 123 Å². The van der Waals surface area contributed by atoms with Gasteiger partial charge in [-0.25, -0.2) is 9.37 Å². The van der Waals surface area contributed by atoms with Gasteiger partial charge in [-0.3, -0.25) is 0 Å². The van der Waals surface area contributed by atoms with E-state index in [1.165, 1.54) is 6.07 Å². The van der Waals surface area contributed by atoms with Crippen molar-refractivity contribution in [3.63, 3.8) is 0 Å². The van der Waals surface area contributed by atoms with Crippen molar-refractivity contribution in [3.8, 4) is 0 Å². The summed E-state index contributed by atoms with van der Waals surface area (Å²) < 4.78 is 16.2. The molecule has 0 aliphatic heterocycles. The van der Waals surface area contributed by atoms with E-state index in [9.17, 15) is 4.39 Å². The van der Waals surface area contributed by atoms with E-state index in [1.807, 2.05) is 41.8 Å². The zero-order valence-electron chi connectivity index (χ0n) is 11.9. The molecule has 0 saturated heterocycles. The Morgan fingerprint density at radius 1 is 1.14 bits per heavy atom. The van der Waals surface area contributed by atoms with Crippen LogP contribution in [0.2, 0.25) is 0 Å². The van der Waals surface area contributed by atoms with Crippen molar-refractivity contribution in [2.45, 2.75) is 25.4 Å². The third-order valence-electron chi connectivity index (χ3n) is 3.88. The zero-order valence-corrected chi connectivity index (χ0v) is 11.9. The molecule has 0 radical (unpaired) electrons. The molecule has 0 spiro atoms. The molecule has 0 amide bonds. The summed E-state index contributed by atoms with van der Waals surface area (Å²) in [5.41, 5.74) is 8.75. The lowest BCUT2D eigenvalue weighted by Gasteiger charge is -2.26. The molecule has 2 atom stereocenters. The topological polar surface area (TPSA) is 43.8 Å². The van der Waals surface area contributed by atoms with Gasteiger partial charge in [0.2, 0.25) is 0 Å². The first kappa shape index (κ1) is 13.8. The number of benzene rings is 2. The number of nitrogens with zero attached hydrogens (tertiary/aromatic N) is 2. The zero-order chi connectivity index (χ0) is 14.8. The second-order valence-electron chi connectivity index (χ2n) is 5.18. The van der Waals surface area contributed by atoms with Crippen molar-refractivity contribution in [1.29, 1.82) is 0 Å². The van der Waals surface area contributed by atoms with E-state index in [0.29, 0.717) is 5.56 Å². The SMILES string of the molecule is CCC(N)C(c1ccccc1F)n1cnc2ccccc21. The molecule has 21 heavy (non-hydrogen) atoms. The number of aromatic nitrogens is 2. The molecular weight excluding hydrogens is 265 g/mol. The summed E-state index contributed by atoms with van der Waals surface area (Å²) in [7, 11) is 0. The van der Waals surface area contributed by atoms with Crippen LogP contribution in [0.3, 0.4) is 0 Å². The fraction of sp³-hybridized carbons (Fsp3) is 0.235. The Hall–Kier alpha value is -2.20. The molecule has 2 unspecified atom stereocenters. The smallest absolute Gasteiger partial charge is 0.128 e. The Kier molecular flexibility index (Phi) is 3.71. The largest absolute Gasteiger partial charge is 0.326 e. The van der Waals surface area contributed by atoms with E-state index in [0.717, 1.165) is 17.5 Å². The highest BCUT2D eigenvalue weighted by Crippen LogP contribution is 2.28. The Morgan fingerprint density at radius 2 is 1.86 bits per heavy atom. The maximum absolute atomic E-state index is 14.2. The Balaban J connectivity index is 2.19. The summed E-state index contributed by atoms with van der Waals surface area (Å²) in [5, 5.41) is 0. The van der Waals surface area contributed by atoms with Gasteiger partial charge in [0.1, 0.15) is 5.82 Å². The number of hydrogen-bond acceptors (Lipinski definition) is 2. The van der Waals surface area contributed by atoms with Crippen molar-refractivity contribution in [2.75, 3.05) is 0 Å². The molecule has 0 fully saturated rings. The molecule has 0 aliphatic rings. The second kappa shape index (κ2) is 5.66. The summed E-state index contributed by atoms with van der Waals surface area (Å²) >= 11 is 0. The summed E-state index contributed by atoms with van der Waals surface area (Å²) in [6.07, 6.45) is 2.50. The number of imidazole rings is 1. The van der Waals surface area contributed by atoms with Crippen LogP contribution in [-0.4, -0.2) is 15.6 Å². The monoisotopic (exact) mass is 283 g/mol. The number of halogens is 1. The van der Waals surface area contributed by atoms with Crippen LogP contribution in [-0.2, 0) is 0 Å². The van der Waals surface area contributed by atoms with E-state index in [1.54, 1.807) is 18.5 Å². The standard InChI is InChI=1S/C17H18FN3/c1-2-14(19)17(12-7-3-4-8-13(12)18)21-11-20-15-9-5-6-10-16(15)21/h3-11,14,17H,2,19H2,1H3. The van der Waals surface area contributed by atoms with Crippen LogP contribution in [0.15, 0.2) is 54.9 Å². The molecule has 0 saturated carbocycles. The third-order valence-corrected chi connectivity index (χ3v) is 3.88. The molecule has 0 bridgehead atoms. The van der Waals surface area contributed by atoms with Gasteiger partial charge in [0.05, 0.1) is 23.4 Å². The van der Waals surface area contributed by atoms with Crippen molar-refractivity contribution in [1.82, 2.24) is 9.55 Å². The molecule has 108 valence electrons. The van der Waals surface area contributed by atoms with Gasteiger partial charge in [-0.2, -0.15) is 0 Å². The van der Waals surface area contributed by atoms with E-state index < -0.39 is 0 Å². The first-order chi connectivity index (χ1) is 10.2. The van der Waals surface area contributed by atoms with Crippen LogP contribution in [0.5, 0.6) is 0 Å². The van der Waals surface area contributed by atoms with Crippen molar-refractivity contribution in [2.24, 2.45) is 5.73 Å². The molecule has 4 heteroatoms. The van der Waals surface area contributed by atoms with Gasteiger partial charge in [-0.1, -0.05) is 37.3 Å². The average molecular weight is 283 g/mol. The summed E-state index contributed by atoms with van der Waals surface area (Å²) in [6, 6.07) is 14.2. The van der Waals surface area contributed by atoms with Gasteiger partial charge in [0, 0.05) is 11.6 Å². The number of nitrogens with two attached hydrogens (primary N) is 1. The molecule has 2 aromatic carbocycles. The summed E-state index contributed by atoms with van der Waals surface area (Å²) in [6.45, 7) is 2.01. The minimum absolute atomic E-state index is 0.181. The minimum Gasteiger partial charge on any atom is -0.326 e. The lowest BCUT2D eigenvalue weighted by molar-refractivity contribution is 0.447. The number of hydrogen-bond donors (Lipinski definition) is 1. The summed E-state index contributed by atoms with van der Waals surface area (Å²) in [4.78, 5) is 4.40. The maximum Gasteiger partial charge on any atom is 0.128 e. The first-order valence-electron chi connectivity index (χ1n) is 7.14. The van der Waals surface area contributed by atoms with Gasteiger partial charge in [-0.05, 0) is 24.6 Å². The minimum atomic E-state index is -0.261. The van der Waals surface area contributed by atoms with Crippen LogP contribution in [0.1, 0.15) is 24.9 Å². The van der Waals surface area contributed by atoms with E-state index in [4.69, 9.17) is 5.73 Å². The van der Waals surface area contributed by atoms with Crippen LogP contribution in [0, 0.1) is 5.82 Å². The van der Waals surface area contributed by atoms with E-state index >= 15 is 0 Å². The molecule has 3 rings (SSSR count). The predicted molar refractivity (Wildman–Crippen MR) is 82.5 cm³/mol. The maximum atomic E-state index is 14.2. The van der Waals surface area contributed by atoms with Gasteiger partial charge in [0.25, 0.3) is 0 Å². The van der Waals surface area contributed by atoms with Crippen LogP contribution in [0.4, 0.5) is 4.39 Å². The third kappa shape index (κ3) is 2.43. The van der Waals surface area contributed by atoms with Gasteiger partial charge in [-0.15, -0.1) is 0 Å². The first-order valence-corrected chi connectivity index (χ1v) is 7.14. The predicted octanol–water partition coefficient (Wildman–Crippen LogP) is 3.50. The van der Waals surface area contributed by atoms with Crippen molar-refractivity contribution >= 4 is 11.0 Å². The molecule has 1 aromatic heterocycles. The average Bonchev–Trinajstić information content (AvgIpc) is 2.93.